The van der Waals surface area contributed by atoms with Crippen molar-refractivity contribution < 1.29 is 18.0 Å². The van der Waals surface area contributed by atoms with Gasteiger partial charge in [-0.2, -0.15) is 0 Å². The molecular formula is C25H24N6O4S3. The molecule has 0 spiro atoms. The summed E-state index contributed by atoms with van der Waals surface area (Å²) in [5.74, 6) is 0.314. The number of thioether (sulfide) groups is 1. The number of ketones is 1. The van der Waals surface area contributed by atoms with Gasteiger partial charge in [0.05, 0.1) is 11.3 Å². The molecule has 3 aromatic heterocycles. The van der Waals surface area contributed by atoms with Crippen molar-refractivity contribution in [3.05, 3.63) is 72.3 Å². The number of H-pyrrole nitrogens is 1. The summed E-state index contributed by atoms with van der Waals surface area (Å²) < 4.78 is 26.5. The first-order valence-corrected chi connectivity index (χ1v) is 15.2. The normalized spacial score (nSPS) is 13.9. The number of carbonyl (C=O) groups excluding carboxylic acids is 2. The van der Waals surface area contributed by atoms with E-state index in [2.05, 4.69) is 30.6 Å². The van der Waals surface area contributed by atoms with Crippen molar-refractivity contribution in [2.45, 2.75) is 45.7 Å². The van der Waals surface area contributed by atoms with E-state index in [-0.39, 0.29) is 37.8 Å². The highest BCUT2D eigenvalue weighted by molar-refractivity contribution is 7.98. The first kappa shape index (κ1) is 26.1. The van der Waals surface area contributed by atoms with Gasteiger partial charge in [0.1, 0.15) is 5.82 Å². The third kappa shape index (κ3) is 5.79. The van der Waals surface area contributed by atoms with E-state index < -0.39 is 15.9 Å². The second-order valence-corrected chi connectivity index (χ2v) is 12.7. The number of anilines is 2. The fourth-order valence-electron chi connectivity index (χ4n) is 4.19. The highest BCUT2D eigenvalue weighted by atomic mass is 32.2. The highest BCUT2D eigenvalue weighted by Crippen LogP contribution is 2.35. The molecule has 2 amide bonds. The Bertz CT molecular complexity index is 1530. The minimum atomic E-state index is -3.98. The number of amides is 2. The number of sulfone groups is 1. The van der Waals surface area contributed by atoms with Gasteiger partial charge in [-0.15, -0.1) is 11.8 Å². The molecule has 4 aromatic rings. The molecule has 0 unspecified atom stereocenters. The molecule has 1 aliphatic rings. The molecule has 13 heteroatoms. The fraction of sp³-hybridized carbons (Fsp3) is 0.240. The van der Waals surface area contributed by atoms with Crippen LogP contribution in [0.25, 0.3) is 0 Å². The van der Waals surface area contributed by atoms with Crippen LogP contribution < -0.4 is 10.6 Å². The van der Waals surface area contributed by atoms with E-state index in [1.165, 1.54) is 30.4 Å². The number of hydrogen-bond acceptors (Lipinski definition) is 9. The SMILES string of the molecule is O=C(Nc1nc(CSc2ccccc2)c(S(=O)(=O)c2ncc[nH]2)s1)Nc1ncccc1C(=O)C1CCCC1. The van der Waals surface area contributed by atoms with Crippen LogP contribution in [0, 0.1) is 5.92 Å². The van der Waals surface area contributed by atoms with Crippen LogP contribution in [0.1, 0.15) is 41.7 Å². The third-order valence-corrected chi connectivity index (χ3v) is 10.2. The molecule has 38 heavy (non-hydrogen) atoms. The van der Waals surface area contributed by atoms with Gasteiger partial charge in [0.2, 0.25) is 5.16 Å². The van der Waals surface area contributed by atoms with Gasteiger partial charge < -0.3 is 4.98 Å². The summed E-state index contributed by atoms with van der Waals surface area (Å²) >= 11 is 2.26. The minimum Gasteiger partial charge on any atom is -0.335 e. The highest BCUT2D eigenvalue weighted by Gasteiger charge is 2.29. The Morgan fingerprint density at radius 3 is 2.55 bits per heavy atom. The van der Waals surface area contributed by atoms with Gasteiger partial charge >= 0.3 is 6.03 Å². The van der Waals surface area contributed by atoms with Crippen LogP contribution in [0.2, 0.25) is 0 Å². The fourth-order valence-corrected chi connectivity index (χ4v) is 7.89. The zero-order chi connectivity index (χ0) is 26.5. The number of rotatable bonds is 9. The average molecular weight is 569 g/mol. The van der Waals surface area contributed by atoms with Crippen LogP contribution in [0.3, 0.4) is 0 Å². The topological polar surface area (TPSA) is 147 Å². The quantitative estimate of drug-likeness (QED) is 0.180. The van der Waals surface area contributed by atoms with Crippen molar-refractivity contribution >= 4 is 55.7 Å². The van der Waals surface area contributed by atoms with Gasteiger partial charge in [0, 0.05) is 35.2 Å². The van der Waals surface area contributed by atoms with Crippen molar-refractivity contribution in [2.24, 2.45) is 5.92 Å². The van der Waals surface area contributed by atoms with E-state index in [0.29, 0.717) is 11.3 Å². The zero-order valence-electron chi connectivity index (χ0n) is 20.1. The van der Waals surface area contributed by atoms with Gasteiger partial charge in [-0.05, 0) is 37.1 Å². The Kier molecular flexibility index (Phi) is 7.86. The summed E-state index contributed by atoms with van der Waals surface area (Å²) in [4.78, 5) is 41.9. The van der Waals surface area contributed by atoms with Crippen LogP contribution in [0.4, 0.5) is 15.7 Å². The molecule has 3 heterocycles. The van der Waals surface area contributed by atoms with E-state index in [9.17, 15) is 18.0 Å². The largest absolute Gasteiger partial charge is 0.335 e. The number of imidazole rings is 1. The number of aromatic nitrogens is 4. The lowest BCUT2D eigenvalue weighted by atomic mass is 9.97. The van der Waals surface area contributed by atoms with E-state index in [0.717, 1.165) is 41.9 Å². The number of nitrogens with one attached hydrogen (secondary N) is 3. The van der Waals surface area contributed by atoms with Gasteiger partial charge in [0.15, 0.2) is 15.1 Å². The zero-order valence-corrected chi connectivity index (χ0v) is 22.5. The molecule has 1 aromatic carbocycles. The summed E-state index contributed by atoms with van der Waals surface area (Å²) in [6, 6.07) is 12.2. The lowest BCUT2D eigenvalue weighted by Gasteiger charge is -2.12. The number of urea groups is 1. The van der Waals surface area contributed by atoms with Crippen LogP contribution in [0.5, 0.6) is 0 Å². The first-order chi connectivity index (χ1) is 18.4. The molecular weight excluding hydrogens is 545 g/mol. The molecule has 10 nitrogen and oxygen atoms in total. The van der Waals surface area contributed by atoms with Crippen molar-refractivity contribution in [1.82, 2.24) is 19.9 Å². The molecule has 0 radical (unpaired) electrons. The molecule has 5 rings (SSSR count). The van der Waals surface area contributed by atoms with E-state index in [1.54, 1.807) is 12.1 Å². The number of hydrogen-bond donors (Lipinski definition) is 3. The molecule has 1 saturated carbocycles. The van der Waals surface area contributed by atoms with Gasteiger partial charge in [0.25, 0.3) is 9.84 Å². The molecule has 196 valence electrons. The van der Waals surface area contributed by atoms with Crippen LogP contribution in [-0.4, -0.2) is 40.2 Å². The van der Waals surface area contributed by atoms with Gasteiger partial charge in [-0.1, -0.05) is 42.4 Å². The maximum Gasteiger partial charge on any atom is 0.326 e. The smallest absolute Gasteiger partial charge is 0.326 e. The molecule has 0 saturated heterocycles. The number of carbonyl (C=O) groups is 2. The van der Waals surface area contributed by atoms with Crippen molar-refractivity contribution in [2.75, 3.05) is 10.6 Å². The van der Waals surface area contributed by atoms with E-state index >= 15 is 0 Å². The Morgan fingerprint density at radius 2 is 1.82 bits per heavy atom. The van der Waals surface area contributed by atoms with Crippen molar-refractivity contribution in [1.29, 1.82) is 0 Å². The second-order valence-electron chi connectivity index (χ2n) is 8.58. The summed E-state index contributed by atoms with van der Waals surface area (Å²) in [5.41, 5.74) is 0.653. The summed E-state index contributed by atoms with van der Waals surface area (Å²) in [7, 11) is -3.98. The van der Waals surface area contributed by atoms with E-state index in [1.807, 2.05) is 30.3 Å². The van der Waals surface area contributed by atoms with Gasteiger partial charge in [-0.3, -0.25) is 15.4 Å². The van der Waals surface area contributed by atoms with Gasteiger partial charge in [-0.25, -0.2) is 28.2 Å². The summed E-state index contributed by atoms with van der Waals surface area (Å²) in [6.07, 6.45) is 7.96. The lowest BCUT2D eigenvalue weighted by Crippen LogP contribution is -2.23. The number of pyridine rings is 1. The Balaban J connectivity index is 1.37. The standard InChI is InChI=1S/C25H24N6O4S3/c32-20(16-7-4-5-8-16)18-11-6-12-26-21(18)30-23(33)31-24-29-19(15-36-17-9-2-1-3-10-17)22(37-24)38(34,35)25-27-13-14-28-25/h1-3,6,9-14,16H,4-5,7-8,15H2,(H,27,28)(H2,26,29,30,31,33). The lowest BCUT2D eigenvalue weighted by molar-refractivity contribution is 0.0923. The molecule has 1 aliphatic carbocycles. The number of benzene rings is 1. The Morgan fingerprint density at radius 1 is 1.03 bits per heavy atom. The summed E-state index contributed by atoms with van der Waals surface area (Å²) in [5, 5.41) is 5.12. The average Bonchev–Trinajstić information content (AvgIpc) is 3.71. The minimum absolute atomic E-state index is 0.0129. The number of aromatic amines is 1. The molecule has 3 N–H and O–H groups in total. The molecule has 0 atom stereocenters. The van der Waals surface area contributed by atoms with Crippen LogP contribution in [0.15, 0.2) is 75.3 Å². The number of thiazole rings is 1. The number of nitrogens with zero attached hydrogens (tertiary/aromatic N) is 3. The maximum atomic E-state index is 13.3. The first-order valence-electron chi connectivity index (χ1n) is 11.9. The van der Waals surface area contributed by atoms with Crippen molar-refractivity contribution in [3.8, 4) is 0 Å². The molecule has 0 bridgehead atoms. The maximum absolute atomic E-state index is 13.3. The predicted octanol–water partition coefficient (Wildman–Crippen LogP) is 5.40. The van der Waals surface area contributed by atoms with Crippen LogP contribution >= 0.6 is 23.1 Å². The Hall–Kier alpha value is -3.55. The van der Waals surface area contributed by atoms with E-state index in [4.69, 9.17) is 0 Å². The van der Waals surface area contributed by atoms with Crippen LogP contribution in [-0.2, 0) is 15.6 Å². The van der Waals surface area contributed by atoms with Crippen molar-refractivity contribution in [3.63, 3.8) is 0 Å². The Labute approximate surface area is 227 Å². The molecule has 0 aliphatic heterocycles. The number of Topliss-reactive ketones (excluding diaryl/α,β-unsaturated/α-hetero) is 1. The second kappa shape index (κ2) is 11.5. The molecule has 1 fully saturated rings. The third-order valence-electron chi connectivity index (χ3n) is 6.00. The summed E-state index contributed by atoms with van der Waals surface area (Å²) in [6.45, 7) is 0. The predicted molar refractivity (Wildman–Crippen MR) is 145 cm³/mol. The monoisotopic (exact) mass is 568 g/mol.